The first-order chi connectivity index (χ1) is 10.2. The average Bonchev–Trinajstić information content (AvgIpc) is 2.45. The van der Waals surface area contributed by atoms with Crippen molar-refractivity contribution in [3.05, 3.63) is 51.9 Å². The van der Waals surface area contributed by atoms with Gasteiger partial charge in [-0.25, -0.2) is 0 Å². The van der Waals surface area contributed by atoms with Crippen LogP contribution in [0.15, 0.2) is 35.1 Å². The molecule has 0 aliphatic heterocycles. The lowest BCUT2D eigenvalue weighted by molar-refractivity contribution is -0.137. The third-order valence-electron chi connectivity index (χ3n) is 2.81. The Morgan fingerprint density at radius 2 is 2.05 bits per heavy atom. The number of nitrogens with two attached hydrogens (primary N) is 2. The minimum absolute atomic E-state index is 0.0282. The van der Waals surface area contributed by atoms with E-state index in [-0.39, 0.29) is 23.0 Å². The molecule has 0 bridgehead atoms. The number of hydrogen-bond acceptors (Lipinski definition) is 3. The molecule has 116 valence electrons. The third kappa shape index (κ3) is 2.92. The topological polar surface area (TPSA) is 95.7 Å². The van der Waals surface area contributed by atoms with Crippen molar-refractivity contribution in [3.8, 4) is 11.4 Å². The van der Waals surface area contributed by atoms with Gasteiger partial charge in [0.05, 0.1) is 24.4 Å². The van der Waals surface area contributed by atoms with Gasteiger partial charge in [0.15, 0.2) is 5.75 Å². The number of halogens is 3. The summed E-state index contributed by atoms with van der Waals surface area (Å²) in [7, 11) is 1.29. The summed E-state index contributed by atoms with van der Waals surface area (Å²) in [6.07, 6.45) is -4.53. The van der Waals surface area contributed by atoms with Gasteiger partial charge in [-0.2, -0.15) is 23.0 Å². The number of methoxy groups -OCH3 is 1. The maximum atomic E-state index is 12.7. The number of nitrogens with zero attached hydrogens (tertiary/aromatic N) is 2. The van der Waals surface area contributed by atoms with E-state index < -0.39 is 17.3 Å². The molecule has 9 heteroatoms. The van der Waals surface area contributed by atoms with E-state index in [1.165, 1.54) is 19.2 Å². The first-order valence-electron chi connectivity index (χ1n) is 5.98. The number of amidine groups is 1. The van der Waals surface area contributed by atoms with Crippen LogP contribution in [-0.2, 0) is 6.18 Å². The second-order valence-electron chi connectivity index (χ2n) is 4.31. The first kappa shape index (κ1) is 15.5. The van der Waals surface area contributed by atoms with E-state index in [4.69, 9.17) is 15.9 Å². The Kier molecular flexibility index (Phi) is 3.89. The molecular formula is C13H12F3N4O2+. The van der Waals surface area contributed by atoms with Crippen LogP contribution in [0.1, 0.15) is 11.3 Å². The van der Waals surface area contributed by atoms with Gasteiger partial charge >= 0.3 is 6.18 Å². The molecule has 22 heavy (non-hydrogen) atoms. The van der Waals surface area contributed by atoms with Gasteiger partial charge in [0, 0.05) is 0 Å². The Hall–Kier alpha value is -2.84. The molecular weight excluding hydrogens is 301 g/mol. The smallest absolute Gasteiger partial charge is 0.416 e. The molecule has 2 rings (SSSR count). The fraction of sp³-hybridized carbons (Fsp3) is 0.154. The maximum Gasteiger partial charge on any atom is 0.416 e. The van der Waals surface area contributed by atoms with E-state index in [1.807, 2.05) is 0 Å². The molecule has 0 unspecified atom stereocenters. The van der Waals surface area contributed by atoms with Crippen molar-refractivity contribution < 1.29 is 23.3 Å². The van der Waals surface area contributed by atoms with Gasteiger partial charge < -0.3 is 4.74 Å². The fourth-order valence-electron chi connectivity index (χ4n) is 1.79. The highest BCUT2D eigenvalue weighted by atomic mass is 19.4. The minimum Gasteiger partial charge on any atom is -0.494 e. The maximum absolute atomic E-state index is 12.7. The van der Waals surface area contributed by atoms with Crippen LogP contribution in [0.4, 0.5) is 13.2 Å². The first-order valence-corrected chi connectivity index (χ1v) is 5.98. The molecule has 1 aromatic heterocycles. The van der Waals surface area contributed by atoms with Gasteiger partial charge in [0.2, 0.25) is 5.69 Å². The highest BCUT2D eigenvalue weighted by molar-refractivity contribution is 5.93. The van der Waals surface area contributed by atoms with Gasteiger partial charge in [-0.15, -0.1) is 0 Å². The summed E-state index contributed by atoms with van der Waals surface area (Å²) in [4.78, 5) is 12.0. The summed E-state index contributed by atoms with van der Waals surface area (Å²) >= 11 is 0. The van der Waals surface area contributed by atoms with Crippen molar-refractivity contribution >= 4 is 5.84 Å². The predicted octanol–water partition coefficient (Wildman–Crippen LogP) is -0.276. The largest absolute Gasteiger partial charge is 0.494 e. The zero-order valence-corrected chi connectivity index (χ0v) is 11.4. The Bertz CT molecular complexity index is 784. The van der Waals surface area contributed by atoms with E-state index in [2.05, 4.69) is 5.10 Å². The monoisotopic (exact) mass is 313 g/mol. The van der Waals surface area contributed by atoms with E-state index in [0.29, 0.717) is 0 Å². The molecule has 6 nitrogen and oxygen atoms in total. The summed E-state index contributed by atoms with van der Waals surface area (Å²) in [5.74, 6) is -0.189. The Morgan fingerprint density at radius 3 is 2.59 bits per heavy atom. The lowest BCUT2D eigenvalue weighted by Crippen LogP contribution is -2.47. The molecule has 0 atom stereocenters. The van der Waals surface area contributed by atoms with Crippen molar-refractivity contribution in [2.75, 3.05) is 7.11 Å². The van der Waals surface area contributed by atoms with E-state index >= 15 is 0 Å². The van der Waals surface area contributed by atoms with Crippen LogP contribution < -0.4 is 21.4 Å². The van der Waals surface area contributed by atoms with Crippen LogP contribution in [0.2, 0.25) is 0 Å². The van der Waals surface area contributed by atoms with E-state index in [1.54, 1.807) is 0 Å². The SMILES string of the molecule is COc1cc(=O)n(-c2cccc(C(F)(F)F)c2)nc1C(N)=[NH2+]. The number of benzene rings is 1. The molecule has 0 saturated carbocycles. The molecule has 0 aliphatic carbocycles. The van der Waals surface area contributed by atoms with Crippen LogP contribution in [0.25, 0.3) is 5.69 Å². The van der Waals surface area contributed by atoms with Gasteiger partial charge in [-0.05, 0) is 18.2 Å². The number of rotatable bonds is 3. The van der Waals surface area contributed by atoms with Crippen LogP contribution in [0.3, 0.4) is 0 Å². The molecule has 0 amide bonds. The molecule has 1 aromatic carbocycles. The summed E-state index contributed by atoms with van der Waals surface area (Å²) in [5, 5.41) is 9.30. The Balaban J connectivity index is 2.65. The number of alkyl halides is 3. The highest BCUT2D eigenvalue weighted by Gasteiger charge is 2.30. The van der Waals surface area contributed by atoms with Crippen molar-refractivity contribution in [2.24, 2.45) is 5.73 Å². The van der Waals surface area contributed by atoms with Crippen LogP contribution in [0, 0.1) is 0 Å². The van der Waals surface area contributed by atoms with Crippen molar-refractivity contribution in [2.45, 2.75) is 6.18 Å². The van der Waals surface area contributed by atoms with Crippen LogP contribution in [0.5, 0.6) is 5.75 Å². The third-order valence-corrected chi connectivity index (χ3v) is 2.81. The van der Waals surface area contributed by atoms with E-state index in [9.17, 15) is 18.0 Å². The normalized spacial score (nSPS) is 11.3. The molecule has 1 heterocycles. The number of ether oxygens (including phenoxy) is 1. The second-order valence-corrected chi connectivity index (χ2v) is 4.31. The number of aromatic nitrogens is 2. The van der Waals surface area contributed by atoms with Gasteiger partial charge in [0.25, 0.3) is 11.4 Å². The zero-order chi connectivity index (χ0) is 16.5. The predicted molar refractivity (Wildman–Crippen MR) is 71.6 cm³/mol. The zero-order valence-electron chi connectivity index (χ0n) is 11.4. The van der Waals surface area contributed by atoms with E-state index in [0.717, 1.165) is 22.9 Å². The molecule has 0 fully saturated rings. The summed E-state index contributed by atoms with van der Waals surface area (Å²) in [5.41, 5.74) is 3.77. The molecule has 2 aromatic rings. The highest BCUT2D eigenvalue weighted by Crippen LogP contribution is 2.30. The fourth-order valence-corrected chi connectivity index (χ4v) is 1.79. The van der Waals surface area contributed by atoms with Crippen molar-refractivity contribution in [1.29, 1.82) is 0 Å². The Morgan fingerprint density at radius 1 is 1.36 bits per heavy atom. The molecule has 4 N–H and O–H groups in total. The second kappa shape index (κ2) is 5.51. The van der Waals surface area contributed by atoms with Crippen LogP contribution >= 0.6 is 0 Å². The lowest BCUT2D eigenvalue weighted by atomic mass is 10.2. The quantitative estimate of drug-likeness (QED) is 0.602. The Labute approximate surface area is 122 Å². The number of hydrogen-bond donors (Lipinski definition) is 2. The van der Waals surface area contributed by atoms with Gasteiger partial charge in [-0.1, -0.05) is 6.07 Å². The van der Waals surface area contributed by atoms with Crippen molar-refractivity contribution in [1.82, 2.24) is 9.78 Å². The van der Waals surface area contributed by atoms with Gasteiger partial charge in [0.1, 0.15) is 0 Å². The molecule has 0 saturated heterocycles. The molecule has 0 aliphatic rings. The standard InChI is InChI=1S/C13H11F3N4O2/c1-22-9-6-10(21)20(19-11(9)12(17)18)8-4-2-3-7(5-8)13(14,15)16/h2-6H,1H3,(H3,17,18)/p+1. The average molecular weight is 313 g/mol. The molecule has 0 radical (unpaired) electrons. The van der Waals surface area contributed by atoms with Gasteiger partial charge in [-0.3, -0.25) is 15.9 Å². The summed E-state index contributed by atoms with van der Waals surface area (Å²) in [6.45, 7) is 0. The summed E-state index contributed by atoms with van der Waals surface area (Å²) < 4.78 is 43.9. The molecule has 0 spiro atoms. The minimum atomic E-state index is -4.53. The lowest BCUT2D eigenvalue weighted by Gasteiger charge is -2.11. The summed E-state index contributed by atoms with van der Waals surface area (Å²) in [6, 6.07) is 5.22. The van der Waals surface area contributed by atoms with Crippen LogP contribution in [-0.4, -0.2) is 22.7 Å². The van der Waals surface area contributed by atoms with Crippen molar-refractivity contribution in [3.63, 3.8) is 0 Å².